The van der Waals surface area contributed by atoms with Crippen molar-refractivity contribution in [2.24, 2.45) is 4.99 Å². The predicted molar refractivity (Wildman–Crippen MR) is 84.0 cm³/mol. The van der Waals surface area contributed by atoms with Crippen LogP contribution in [0.25, 0.3) is 0 Å². The molecule has 102 valence electrons. The molecule has 1 N–H and O–H groups in total. The van der Waals surface area contributed by atoms with E-state index in [2.05, 4.69) is 43.4 Å². The van der Waals surface area contributed by atoms with Crippen molar-refractivity contribution in [3.63, 3.8) is 0 Å². The van der Waals surface area contributed by atoms with Gasteiger partial charge in [-0.15, -0.1) is 0 Å². The van der Waals surface area contributed by atoms with Crippen LogP contribution in [0.2, 0.25) is 0 Å². The molecule has 0 spiro atoms. The van der Waals surface area contributed by atoms with E-state index in [1.807, 2.05) is 11.8 Å². The highest BCUT2D eigenvalue weighted by Crippen LogP contribution is 2.28. The van der Waals surface area contributed by atoms with Gasteiger partial charge in [0.25, 0.3) is 0 Å². The van der Waals surface area contributed by atoms with Crippen LogP contribution < -0.4 is 5.32 Å². The molecule has 1 unspecified atom stereocenters. The normalized spacial score (nSPS) is 29.3. The van der Waals surface area contributed by atoms with E-state index in [9.17, 15) is 0 Å². The number of benzene rings is 1. The van der Waals surface area contributed by atoms with Gasteiger partial charge in [0.1, 0.15) is 0 Å². The van der Waals surface area contributed by atoms with E-state index in [1.165, 1.54) is 23.3 Å². The molecule has 1 aromatic rings. The van der Waals surface area contributed by atoms with Crippen LogP contribution in [0.5, 0.6) is 0 Å². The Labute approximate surface area is 120 Å². The Balaban J connectivity index is 1.71. The van der Waals surface area contributed by atoms with Crippen LogP contribution in [0.3, 0.4) is 0 Å². The molecule has 0 aromatic heterocycles. The molecule has 3 rings (SSSR count). The second-order valence-corrected chi connectivity index (χ2v) is 6.99. The molecule has 3 heteroatoms. The summed E-state index contributed by atoms with van der Waals surface area (Å²) in [5.41, 5.74) is 3.21. The number of nitrogens with one attached hydrogen (secondary N) is 1. The maximum Gasteiger partial charge on any atom is 0.157 e. The lowest BCUT2D eigenvalue weighted by atomic mass is 9.96. The van der Waals surface area contributed by atoms with Crippen LogP contribution in [0.15, 0.2) is 29.3 Å². The molecule has 2 nitrogen and oxygen atoms in total. The standard InChI is InChI=1S/C16H22N2S/c1-3-16(2)8-9-19-15(18-16)17-14-10-12-6-4-5-7-13(12)11-14/h4-7,14H,3,8-11H2,1-2H3,(H,17,18). The smallest absolute Gasteiger partial charge is 0.157 e. The van der Waals surface area contributed by atoms with Crippen LogP contribution in [-0.2, 0) is 12.8 Å². The van der Waals surface area contributed by atoms with Crippen LogP contribution in [-0.4, -0.2) is 22.5 Å². The molecule has 1 saturated heterocycles. The van der Waals surface area contributed by atoms with E-state index in [-0.39, 0.29) is 5.54 Å². The molecule has 0 bridgehead atoms. The van der Waals surface area contributed by atoms with Crippen molar-refractivity contribution in [3.8, 4) is 0 Å². The zero-order chi connectivity index (χ0) is 13.3. The van der Waals surface area contributed by atoms with E-state index in [4.69, 9.17) is 4.99 Å². The van der Waals surface area contributed by atoms with Gasteiger partial charge in [0.2, 0.25) is 0 Å². The molecular formula is C16H22N2S. The lowest BCUT2D eigenvalue weighted by molar-refractivity contribution is 0.389. The van der Waals surface area contributed by atoms with Gasteiger partial charge in [0.05, 0.1) is 6.04 Å². The van der Waals surface area contributed by atoms with Gasteiger partial charge in [-0.05, 0) is 43.7 Å². The minimum Gasteiger partial charge on any atom is -0.360 e. The van der Waals surface area contributed by atoms with Gasteiger partial charge in [0, 0.05) is 11.3 Å². The number of thioether (sulfide) groups is 1. The van der Waals surface area contributed by atoms with Gasteiger partial charge >= 0.3 is 0 Å². The zero-order valence-corrected chi connectivity index (χ0v) is 12.6. The van der Waals surface area contributed by atoms with E-state index < -0.39 is 0 Å². The largest absolute Gasteiger partial charge is 0.360 e. The van der Waals surface area contributed by atoms with Crippen LogP contribution in [0.1, 0.15) is 37.8 Å². The highest BCUT2D eigenvalue weighted by atomic mass is 32.2. The molecule has 0 amide bonds. The third kappa shape index (κ3) is 2.81. The van der Waals surface area contributed by atoms with Crippen molar-refractivity contribution >= 4 is 16.9 Å². The predicted octanol–water partition coefficient (Wildman–Crippen LogP) is 3.41. The Morgan fingerprint density at radius 2 is 2.00 bits per heavy atom. The fourth-order valence-electron chi connectivity index (χ4n) is 2.86. The number of hydrogen-bond donors (Lipinski definition) is 1. The molecule has 2 aliphatic rings. The molecule has 0 radical (unpaired) electrons. The first-order valence-electron chi connectivity index (χ1n) is 7.24. The molecule has 1 heterocycles. The summed E-state index contributed by atoms with van der Waals surface area (Å²) in [5.74, 6) is 1.19. The van der Waals surface area contributed by atoms with Gasteiger partial charge < -0.3 is 5.32 Å². The first-order valence-corrected chi connectivity index (χ1v) is 8.23. The van der Waals surface area contributed by atoms with Gasteiger partial charge in [-0.25, -0.2) is 0 Å². The Morgan fingerprint density at radius 1 is 1.32 bits per heavy atom. The van der Waals surface area contributed by atoms with Crippen molar-refractivity contribution in [2.75, 3.05) is 5.75 Å². The fourth-order valence-corrected chi connectivity index (χ4v) is 4.15. The summed E-state index contributed by atoms with van der Waals surface area (Å²) < 4.78 is 0. The van der Waals surface area contributed by atoms with E-state index in [0.29, 0.717) is 6.04 Å². The summed E-state index contributed by atoms with van der Waals surface area (Å²) in [5, 5.41) is 4.81. The Hall–Kier alpha value is -0.960. The third-order valence-corrected chi connectivity index (χ3v) is 5.30. The Morgan fingerprint density at radius 3 is 2.63 bits per heavy atom. The van der Waals surface area contributed by atoms with Crippen LogP contribution >= 0.6 is 11.8 Å². The number of fused-ring (bicyclic) bond motifs is 1. The second kappa shape index (κ2) is 5.20. The summed E-state index contributed by atoms with van der Waals surface area (Å²) in [6.45, 7) is 4.57. The first kappa shape index (κ1) is 13.0. The molecule has 1 atom stereocenters. The molecular weight excluding hydrogens is 252 g/mol. The first-order chi connectivity index (χ1) is 9.18. The van der Waals surface area contributed by atoms with Gasteiger partial charge in [-0.3, -0.25) is 4.99 Å². The fraction of sp³-hybridized carbons (Fsp3) is 0.562. The number of nitrogens with zero attached hydrogens (tertiary/aromatic N) is 1. The van der Waals surface area contributed by atoms with E-state index in [1.54, 1.807) is 0 Å². The van der Waals surface area contributed by atoms with Gasteiger partial charge in [0.15, 0.2) is 5.17 Å². The van der Waals surface area contributed by atoms with Gasteiger partial charge in [-0.1, -0.05) is 43.0 Å². The number of aliphatic imine (C=N–C) groups is 1. The maximum atomic E-state index is 4.96. The van der Waals surface area contributed by atoms with Crippen molar-refractivity contribution in [3.05, 3.63) is 35.4 Å². The van der Waals surface area contributed by atoms with Crippen LogP contribution in [0, 0.1) is 0 Å². The van der Waals surface area contributed by atoms with E-state index >= 15 is 0 Å². The average molecular weight is 274 g/mol. The molecule has 1 aliphatic carbocycles. The quantitative estimate of drug-likeness (QED) is 0.894. The van der Waals surface area contributed by atoms with Crippen LogP contribution in [0.4, 0.5) is 0 Å². The van der Waals surface area contributed by atoms with Crippen molar-refractivity contribution in [1.29, 1.82) is 0 Å². The van der Waals surface area contributed by atoms with E-state index in [0.717, 1.165) is 24.4 Å². The zero-order valence-electron chi connectivity index (χ0n) is 11.8. The number of rotatable bonds is 2. The summed E-state index contributed by atoms with van der Waals surface area (Å²) in [7, 11) is 0. The van der Waals surface area contributed by atoms with Crippen molar-refractivity contribution < 1.29 is 0 Å². The monoisotopic (exact) mass is 274 g/mol. The number of amidine groups is 1. The summed E-state index contributed by atoms with van der Waals surface area (Å²) in [4.78, 5) is 4.96. The Bertz CT molecular complexity index is 472. The minimum atomic E-state index is 0.246. The molecule has 0 saturated carbocycles. The third-order valence-electron chi connectivity index (χ3n) is 4.41. The average Bonchev–Trinajstić information content (AvgIpc) is 2.81. The topological polar surface area (TPSA) is 24.4 Å². The second-order valence-electron chi connectivity index (χ2n) is 5.90. The molecule has 1 aliphatic heterocycles. The highest BCUT2D eigenvalue weighted by Gasteiger charge is 2.29. The molecule has 1 fully saturated rings. The maximum absolute atomic E-state index is 4.96. The summed E-state index contributed by atoms with van der Waals surface area (Å²) >= 11 is 1.89. The molecule has 1 aromatic carbocycles. The lowest BCUT2D eigenvalue weighted by Gasteiger charge is -2.35. The Kier molecular flexibility index (Phi) is 3.57. The summed E-state index contributed by atoms with van der Waals surface area (Å²) in [6, 6.07) is 9.19. The molecule has 19 heavy (non-hydrogen) atoms. The minimum absolute atomic E-state index is 0.246. The lowest BCUT2D eigenvalue weighted by Crippen LogP contribution is -2.48. The highest BCUT2D eigenvalue weighted by molar-refractivity contribution is 8.13. The van der Waals surface area contributed by atoms with Crippen molar-refractivity contribution in [1.82, 2.24) is 5.32 Å². The van der Waals surface area contributed by atoms with Gasteiger partial charge in [-0.2, -0.15) is 0 Å². The van der Waals surface area contributed by atoms with Crippen molar-refractivity contribution in [2.45, 2.75) is 51.1 Å². The summed E-state index contributed by atoms with van der Waals surface area (Å²) in [6.07, 6.45) is 4.60. The number of hydrogen-bond acceptors (Lipinski definition) is 2. The SMILES string of the molecule is CCC1(C)CCSC(=NC2Cc3ccccc3C2)N1.